The van der Waals surface area contributed by atoms with Gasteiger partial charge in [0.25, 0.3) is 5.91 Å². The molecule has 6 amide bonds. The number of piperazine rings is 5. The van der Waals surface area contributed by atoms with Crippen molar-refractivity contribution in [3.63, 3.8) is 0 Å². The second-order valence-corrected chi connectivity index (χ2v) is 29.2. The van der Waals surface area contributed by atoms with Crippen molar-refractivity contribution in [3.05, 3.63) is 156 Å². The Bertz CT molecular complexity index is 4320. The van der Waals surface area contributed by atoms with E-state index in [2.05, 4.69) is 79.6 Å². The van der Waals surface area contributed by atoms with E-state index < -0.39 is 47.1 Å². The lowest BCUT2D eigenvalue weighted by Gasteiger charge is -2.36. The molecule has 0 radical (unpaired) electrons. The van der Waals surface area contributed by atoms with Crippen LogP contribution in [0.1, 0.15) is 115 Å². The van der Waals surface area contributed by atoms with Crippen LogP contribution in [0.2, 0.25) is 0 Å². The Balaban J connectivity index is 0.000000184. The van der Waals surface area contributed by atoms with Gasteiger partial charge in [-0.2, -0.15) is 0 Å². The van der Waals surface area contributed by atoms with Crippen molar-refractivity contribution in [2.75, 3.05) is 187 Å². The fraction of sp³-hybridized carbons (Fsp3) is 0.430. The van der Waals surface area contributed by atoms with Gasteiger partial charge in [0, 0.05) is 157 Å². The highest BCUT2D eigenvalue weighted by atomic mass is 32.1. The molecule has 0 saturated carbocycles. The van der Waals surface area contributed by atoms with Gasteiger partial charge in [0.05, 0.1) is 92.1 Å². The van der Waals surface area contributed by atoms with Crippen molar-refractivity contribution < 1.29 is 76.7 Å². The molecule has 7 aromatic rings. The lowest BCUT2D eigenvalue weighted by Crippen LogP contribution is -2.50. The van der Waals surface area contributed by atoms with Crippen molar-refractivity contribution >= 4 is 111 Å². The molecular formula is C79H101N17O16S. The molecule has 0 atom stereocenters. The fourth-order valence-corrected chi connectivity index (χ4v) is 12.7. The van der Waals surface area contributed by atoms with E-state index in [-0.39, 0.29) is 40.9 Å². The molecule has 33 nitrogen and oxygen atoms in total. The summed E-state index contributed by atoms with van der Waals surface area (Å²) in [7, 11) is 4.01. The van der Waals surface area contributed by atoms with Gasteiger partial charge in [-0.25, -0.2) is 53.7 Å². The van der Waals surface area contributed by atoms with Gasteiger partial charge in [-0.15, -0.1) is 11.3 Å². The molecule has 0 spiro atoms. The minimum Gasteiger partial charge on any atom is -0.477 e. The zero-order valence-corrected chi connectivity index (χ0v) is 66.8. The summed E-state index contributed by atoms with van der Waals surface area (Å²) in [5.41, 5.74) is 6.55. The third-order valence-electron chi connectivity index (χ3n) is 18.1. The van der Waals surface area contributed by atoms with E-state index in [1.165, 1.54) is 27.4 Å². The fourth-order valence-electron chi connectivity index (χ4n) is 12.0. The first-order valence-electron chi connectivity index (χ1n) is 36.9. The van der Waals surface area contributed by atoms with E-state index in [0.29, 0.717) is 101 Å². The molecule has 5 aliphatic heterocycles. The number of thiophene rings is 1. The molecule has 12 rings (SSSR count). The van der Waals surface area contributed by atoms with Crippen molar-refractivity contribution in [2.45, 2.75) is 73.5 Å². The van der Waals surface area contributed by atoms with Gasteiger partial charge < -0.3 is 83.5 Å². The molecule has 34 heteroatoms. The maximum absolute atomic E-state index is 13.1. The minimum absolute atomic E-state index is 0.0427. The van der Waals surface area contributed by atoms with Gasteiger partial charge in [0.15, 0.2) is 0 Å². The summed E-state index contributed by atoms with van der Waals surface area (Å²) in [6, 6.07) is 26.7. The number of benzene rings is 1. The standard InChI is InChI=1S/C27H31N5O4S.C16H23N3O4.C13H17N3O3.C12H15N3O3.C11H15N3O2/c1-18(33)31-11-13-32(14-12-31)20-8-10-22(28-17-20)25(34)29-23-16-19(24-6-5-15-37-24)7-9-21(23)30-26(35)36-27(2,3)4;1-16(2,3)23-15(21)19-9-7-18(8-10-19)12-5-6-13(17-11-12)14(20)22-4;1-10(17)15-5-7-16(8-6-15)11-3-4-12(14-9-11)13(18)19-2;1-9(16)14-4-6-15(7-5-14)10-2-3-11(12(17)18)13-8-10;1-16-11(15)10-3-2-9(8-13-10)14-6-4-12-5-7-14/h5-10,15-17H,11-14H2,1-4H3,(H,29,34)(H,30,35);5-6,11H,7-10H2,1-4H3;3-4,9H,5-8H2,1-2H3;2-3,8H,4-7H2,1H3,(H,17,18);2-3,8,12H,4-7H2,1H3. The van der Waals surface area contributed by atoms with E-state index in [1.807, 2.05) is 84.5 Å². The number of carboxylic acids is 1. The summed E-state index contributed by atoms with van der Waals surface area (Å²) in [4.78, 5) is 156. The van der Waals surface area contributed by atoms with E-state index >= 15 is 0 Å². The lowest BCUT2D eigenvalue weighted by molar-refractivity contribution is -0.129. The van der Waals surface area contributed by atoms with Gasteiger partial charge in [0.2, 0.25) is 17.7 Å². The van der Waals surface area contributed by atoms with Crippen LogP contribution in [0.4, 0.5) is 49.4 Å². The summed E-state index contributed by atoms with van der Waals surface area (Å²) < 4.78 is 24.6. The Morgan fingerprint density at radius 2 is 0.752 bits per heavy atom. The largest absolute Gasteiger partial charge is 0.477 e. The van der Waals surface area contributed by atoms with Crippen molar-refractivity contribution in [3.8, 4) is 10.4 Å². The number of esters is 3. The average molecular weight is 1580 g/mol. The Morgan fingerprint density at radius 3 is 1.06 bits per heavy atom. The number of methoxy groups -OCH3 is 3. The van der Waals surface area contributed by atoms with Crippen LogP contribution in [0.3, 0.4) is 0 Å². The van der Waals surface area contributed by atoms with Crippen LogP contribution >= 0.6 is 11.3 Å². The number of hydrogen-bond acceptors (Lipinski definition) is 27. The second kappa shape index (κ2) is 41.3. The van der Waals surface area contributed by atoms with Crippen LogP contribution in [0.15, 0.2) is 127 Å². The van der Waals surface area contributed by atoms with Gasteiger partial charge >= 0.3 is 36.1 Å². The minimum atomic E-state index is -1.03. The summed E-state index contributed by atoms with van der Waals surface area (Å²) in [6.45, 7) is 30.7. The predicted molar refractivity (Wildman–Crippen MR) is 428 cm³/mol. The van der Waals surface area contributed by atoms with Crippen LogP contribution in [0.5, 0.6) is 0 Å². The quantitative estimate of drug-likeness (QED) is 0.0623. The van der Waals surface area contributed by atoms with Crippen LogP contribution in [0, 0.1) is 0 Å². The molecule has 0 unspecified atom stereocenters. The van der Waals surface area contributed by atoms with Crippen molar-refractivity contribution in [2.24, 2.45) is 0 Å². The first-order valence-corrected chi connectivity index (χ1v) is 37.7. The summed E-state index contributed by atoms with van der Waals surface area (Å²) in [6.07, 6.45) is 7.37. The molecule has 0 aliphatic carbocycles. The maximum Gasteiger partial charge on any atom is 0.412 e. The van der Waals surface area contributed by atoms with Gasteiger partial charge in [-0.1, -0.05) is 12.1 Å². The summed E-state index contributed by atoms with van der Waals surface area (Å²) >= 11 is 1.58. The summed E-state index contributed by atoms with van der Waals surface area (Å²) in [5.74, 6) is -2.43. The Kier molecular flexibility index (Phi) is 31.6. The molecule has 1 aromatic carbocycles. The summed E-state index contributed by atoms with van der Waals surface area (Å²) in [5, 5.41) is 19.6. The van der Waals surface area contributed by atoms with Crippen molar-refractivity contribution in [1.29, 1.82) is 0 Å². The Labute approximate surface area is 661 Å². The number of aromatic carboxylic acids is 1. The Hall–Kier alpha value is -12.1. The molecule has 5 saturated heterocycles. The predicted octanol–water partition coefficient (Wildman–Crippen LogP) is 8.27. The third-order valence-corrected chi connectivity index (χ3v) is 19.1. The first-order chi connectivity index (χ1) is 53.9. The second-order valence-electron chi connectivity index (χ2n) is 28.3. The molecule has 113 heavy (non-hydrogen) atoms. The number of nitrogens with one attached hydrogen (secondary N) is 3. The van der Waals surface area contributed by atoms with Gasteiger partial charge in [-0.05, 0) is 131 Å². The Morgan fingerprint density at radius 1 is 0.407 bits per heavy atom. The molecule has 0 bridgehead atoms. The number of aromatic nitrogens is 5. The van der Waals surface area contributed by atoms with E-state index in [0.717, 1.165) is 91.2 Å². The monoisotopic (exact) mass is 1580 g/mol. The van der Waals surface area contributed by atoms with Gasteiger partial charge in [-0.3, -0.25) is 24.5 Å². The third kappa shape index (κ3) is 26.6. The number of carbonyl (C=O) groups is 10. The average Bonchev–Trinajstić information content (AvgIpc) is 1.80. The van der Waals surface area contributed by atoms with Crippen LogP contribution < -0.4 is 40.4 Å². The molecule has 5 aliphatic rings. The van der Waals surface area contributed by atoms with Crippen LogP contribution in [-0.2, 0) is 38.1 Å². The zero-order valence-electron chi connectivity index (χ0n) is 66.0. The van der Waals surface area contributed by atoms with E-state index in [9.17, 15) is 47.9 Å². The molecule has 11 heterocycles. The topological polar surface area (TPSA) is 367 Å². The first kappa shape index (κ1) is 86.5. The number of carboxylic acid groups (broad SMARTS) is 1. The molecule has 5 fully saturated rings. The molecular weight excluding hydrogens is 1480 g/mol. The number of rotatable bonds is 13. The number of ether oxygens (including phenoxy) is 5. The smallest absolute Gasteiger partial charge is 0.412 e. The highest BCUT2D eigenvalue weighted by Gasteiger charge is 2.28. The number of nitrogens with zero attached hydrogens (tertiary/aromatic N) is 14. The maximum atomic E-state index is 13.1. The SMILES string of the molecule is CC(=O)N1CCN(c2ccc(C(=O)Nc3cc(-c4cccs4)ccc3NC(=O)OC(C)(C)C)nc2)CC1.CC(=O)N1CCN(c2ccc(C(=O)O)nc2)CC1.COC(=O)c1ccc(N2CCN(C(=O)OC(C)(C)C)CC2)cn1.COC(=O)c1ccc(N2CCN(C(C)=O)CC2)cn1.COC(=O)c1ccc(N2CCNCC2)cn1. The number of amides is 6. The van der Waals surface area contributed by atoms with Crippen molar-refractivity contribution in [1.82, 2.24) is 49.8 Å². The molecule has 4 N–H and O–H groups in total. The normalized spacial score (nSPS) is 14.9. The number of hydrogen-bond donors (Lipinski definition) is 4. The van der Waals surface area contributed by atoms with E-state index in [1.54, 1.807) is 130 Å². The molecule has 604 valence electrons. The van der Waals surface area contributed by atoms with E-state index in [4.69, 9.17) is 14.6 Å². The van der Waals surface area contributed by atoms with Crippen LogP contribution in [-0.4, -0.2) is 273 Å². The highest BCUT2D eigenvalue weighted by molar-refractivity contribution is 7.13. The highest BCUT2D eigenvalue weighted by Crippen LogP contribution is 2.33. The zero-order chi connectivity index (χ0) is 81.9. The van der Waals surface area contributed by atoms with Gasteiger partial charge in [0.1, 0.15) is 39.7 Å². The lowest BCUT2D eigenvalue weighted by atomic mass is 10.1. The van der Waals surface area contributed by atoms with Crippen LogP contribution in [0.25, 0.3) is 10.4 Å². The number of carbonyl (C=O) groups excluding carboxylic acids is 9. The molecule has 6 aromatic heterocycles. The number of anilines is 7. The number of pyridine rings is 5.